The van der Waals surface area contributed by atoms with E-state index in [0.717, 1.165) is 28.8 Å². The van der Waals surface area contributed by atoms with E-state index >= 15 is 0 Å². The number of sulfone groups is 1. The molecular weight excluding hydrogens is 336 g/mol. The molecular formula is C13H16BrClO2S. The Morgan fingerprint density at radius 1 is 1.39 bits per heavy atom. The summed E-state index contributed by atoms with van der Waals surface area (Å²) >= 11 is 9.66. The molecule has 0 saturated carbocycles. The van der Waals surface area contributed by atoms with Crippen molar-refractivity contribution in [2.75, 3.05) is 16.8 Å². The van der Waals surface area contributed by atoms with E-state index in [0.29, 0.717) is 17.4 Å². The molecule has 0 aromatic heterocycles. The molecule has 0 aliphatic carbocycles. The van der Waals surface area contributed by atoms with Crippen LogP contribution in [0.5, 0.6) is 0 Å². The Labute approximate surface area is 122 Å². The lowest BCUT2D eigenvalue weighted by atomic mass is 9.88. The highest BCUT2D eigenvalue weighted by atomic mass is 79.9. The molecule has 1 fully saturated rings. The Hall–Kier alpha value is -0.0600. The van der Waals surface area contributed by atoms with Crippen molar-refractivity contribution < 1.29 is 8.42 Å². The summed E-state index contributed by atoms with van der Waals surface area (Å²) < 4.78 is 23.1. The summed E-state index contributed by atoms with van der Waals surface area (Å²) in [7, 11) is -2.81. The molecule has 2 rings (SSSR count). The van der Waals surface area contributed by atoms with Crippen LogP contribution in [0.2, 0.25) is 5.02 Å². The fourth-order valence-corrected chi connectivity index (χ4v) is 5.38. The van der Waals surface area contributed by atoms with Gasteiger partial charge in [0.2, 0.25) is 0 Å². The topological polar surface area (TPSA) is 34.1 Å². The van der Waals surface area contributed by atoms with Gasteiger partial charge in [0.25, 0.3) is 0 Å². The highest BCUT2D eigenvalue weighted by Crippen LogP contribution is 2.31. The number of rotatable bonds is 4. The molecule has 1 aromatic rings. The van der Waals surface area contributed by atoms with Crippen LogP contribution in [0.25, 0.3) is 0 Å². The molecule has 0 spiro atoms. The Balaban J connectivity index is 2.09. The van der Waals surface area contributed by atoms with Crippen molar-refractivity contribution in [2.45, 2.75) is 12.8 Å². The molecule has 2 unspecified atom stereocenters. The molecule has 0 bridgehead atoms. The van der Waals surface area contributed by atoms with Gasteiger partial charge in [-0.2, -0.15) is 0 Å². The third-order valence-corrected chi connectivity index (χ3v) is 6.57. The normalized spacial score (nSPS) is 24.0. The SMILES string of the molecule is O=S1(=O)CCC(C(CBr)Cc2ccccc2Cl)C1. The summed E-state index contributed by atoms with van der Waals surface area (Å²) in [6.07, 6.45) is 1.62. The molecule has 0 N–H and O–H groups in total. The van der Waals surface area contributed by atoms with Crippen LogP contribution in [0.15, 0.2) is 24.3 Å². The molecule has 5 heteroatoms. The van der Waals surface area contributed by atoms with Crippen molar-refractivity contribution in [3.05, 3.63) is 34.9 Å². The lowest BCUT2D eigenvalue weighted by Crippen LogP contribution is -2.20. The van der Waals surface area contributed by atoms with Crippen LogP contribution in [0, 0.1) is 11.8 Å². The van der Waals surface area contributed by atoms with E-state index in [9.17, 15) is 8.42 Å². The Morgan fingerprint density at radius 2 is 2.11 bits per heavy atom. The van der Waals surface area contributed by atoms with Crippen LogP contribution < -0.4 is 0 Å². The molecule has 1 saturated heterocycles. The van der Waals surface area contributed by atoms with Crippen LogP contribution in [0.4, 0.5) is 0 Å². The Bertz CT molecular complexity index is 515. The minimum atomic E-state index is -2.81. The molecule has 1 aliphatic rings. The Kier molecular flexibility index (Phi) is 4.73. The highest BCUT2D eigenvalue weighted by Gasteiger charge is 2.33. The van der Waals surface area contributed by atoms with Gasteiger partial charge in [0.15, 0.2) is 9.84 Å². The van der Waals surface area contributed by atoms with Crippen molar-refractivity contribution in [1.29, 1.82) is 0 Å². The highest BCUT2D eigenvalue weighted by molar-refractivity contribution is 9.09. The summed E-state index contributed by atoms with van der Waals surface area (Å²) in [6.45, 7) is 0. The second-order valence-electron chi connectivity index (χ2n) is 4.87. The minimum Gasteiger partial charge on any atom is -0.229 e. The van der Waals surface area contributed by atoms with Gasteiger partial charge in [-0.3, -0.25) is 0 Å². The lowest BCUT2D eigenvalue weighted by Gasteiger charge is -2.20. The standard InChI is InChI=1S/C13H16BrClO2S/c14-8-12(11-5-6-18(16,17)9-11)7-10-3-1-2-4-13(10)15/h1-4,11-12H,5-9H2. The Morgan fingerprint density at radius 3 is 2.67 bits per heavy atom. The van der Waals surface area contributed by atoms with E-state index in [1.54, 1.807) is 0 Å². The average molecular weight is 352 g/mol. The fourth-order valence-electron chi connectivity index (χ4n) is 2.49. The van der Waals surface area contributed by atoms with Crippen LogP contribution in [-0.4, -0.2) is 25.3 Å². The molecule has 1 heterocycles. The van der Waals surface area contributed by atoms with Crippen LogP contribution in [0.3, 0.4) is 0 Å². The average Bonchev–Trinajstić information content (AvgIpc) is 2.68. The maximum Gasteiger partial charge on any atom is 0.150 e. The lowest BCUT2D eigenvalue weighted by molar-refractivity contribution is 0.402. The second-order valence-corrected chi connectivity index (χ2v) is 8.16. The second kappa shape index (κ2) is 5.93. The zero-order valence-electron chi connectivity index (χ0n) is 9.98. The van der Waals surface area contributed by atoms with Crippen LogP contribution in [0.1, 0.15) is 12.0 Å². The maximum atomic E-state index is 11.5. The number of alkyl halides is 1. The van der Waals surface area contributed by atoms with E-state index in [1.165, 1.54) is 0 Å². The molecule has 0 radical (unpaired) electrons. The first-order valence-corrected chi connectivity index (χ1v) is 9.33. The molecule has 0 amide bonds. The summed E-state index contributed by atoms with van der Waals surface area (Å²) in [5.41, 5.74) is 1.10. The van der Waals surface area contributed by atoms with Crippen LogP contribution in [-0.2, 0) is 16.3 Å². The zero-order chi connectivity index (χ0) is 13.2. The van der Waals surface area contributed by atoms with Gasteiger partial charge in [-0.1, -0.05) is 45.7 Å². The molecule has 18 heavy (non-hydrogen) atoms. The predicted molar refractivity (Wildman–Crippen MR) is 79.2 cm³/mol. The third-order valence-electron chi connectivity index (χ3n) is 3.57. The molecule has 2 nitrogen and oxygen atoms in total. The van der Waals surface area contributed by atoms with Crippen LogP contribution >= 0.6 is 27.5 Å². The summed E-state index contributed by atoms with van der Waals surface area (Å²) in [4.78, 5) is 0. The molecule has 1 aromatic carbocycles. The number of hydrogen-bond acceptors (Lipinski definition) is 2. The van der Waals surface area contributed by atoms with E-state index < -0.39 is 9.84 Å². The quantitative estimate of drug-likeness (QED) is 0.780. The molecule has 2 atom stereocenters. The van der Waals surface area contributed by atoms with Crippen molar-refractivity contribution in [3.8, 4) is 0 Å². The van der Waals surface area contributed by atoms with Crippen molar-refractivity contribution >= 4 is 37.4 Å². The van der Waals surface area contributed by atoms with Gasteiger partial charge in [0, 0.05) is 10.4 Å². The van der Waals surface area contributed by atoms with E-state index in [1.807, 2.05) is 24.3 Å². The van der Waals surface area contributed by atoms with E-state index in [2.05, 4.69) is 15.9 Å². The monoisotopic (exact) mass is 350 g/mol. The third kappa shape index (κ3) is 3.49. The number of hydrogen-bond donors (Lipinski definition) is 0. The van der Waals surface area contributed by atoms with Gasteiger partial charge < -0.3 is 0 Å². The van der Waals surface area contributed by atoms with Crippen molar-refractivity contribution in [2.24, 2.45) is 11.8 Å². The van der Waals surface area contributed by atoms with Crippen molar-refractivity contribution in [3.63, 3.8) is 0 Å². The minimum absolute atomic E-state index is 0.255. The first kappa shape index (κ1) is 14.4. The largest absolute Gasteiger partial charge is 0.229 e. The molecule has 100 valence electrons. The number of benzene rings is 1. The summed E-state index contributed by atoms with van der Waals surface area (Å²) in [5, 5.41) is 1.59. The van der Waals surface area contributed by atoms with Gasteiger partial charge in [0.05, 0.1) is 11.5 Å². The number of halogens is 2. The first-order valence-electron chi connectivity index (χ1n) is 6.01. The smallest absolute Gasteiger partial charge is 0.150 e. The fraction of sp³-hybridized carbons (Fsp3) is 0.538. The zero-order valence-corrected chi connectivity index (χ0v) is 13.1. The van der Waals surface area contributed by atoms with Crippen molar-refractivity contribution in [1.82, 2.24) is 0 Å². The van der Waals surface area contributed by atoms with Gasteiger partial charge in [-0.15, -0.1) is 0 Å². The summed E-state index contributed by atoms with van der Waals surface area (Å²) in [6, 6.07) is 7.78. The first-order chi connectivity index (χ1) is 8.52. The van der Waals surface area contributed by atoms with Gasteiger partial charge in [-0.25, -0.2) is 8.42 Å². The maximum absolute atomic E-state index is 11.5. The molecule has 1 aliphatic heterocycles. The summed E-state index contributed by atoms with van der Waals surface area (Å²) in [5.74, 6) is 1.25. The van der Waals surface area contributed by atoms with Gasteiger partial charge in [-0.05, 0) is 36.3 Å². The van der Waals surface area contributed by atoms with Gasteiger partial charge in [0.1, 0.15) is 0 Å². The van der Waals surface area contributed by atoms with Gasteiger partial charge >= 0.3 is 0 Å². The van der Waals surface area contributed by atoms with E-state index in [4.69, 9.17) is 11.6 Å². The van der Waals surface area contributed by atoms with E-state index in [-0.39, 0.29) is 5.92 Å². The predicted octanol–water partition coefficient (Wildman–Crippen LogP) is 3.33.